The predicted molar refractivity (Wildman–Crippen MR) is 198 cm³/mol. The molecule has 0 spiro atoms. The average molecular weight is 896 g/mol. The zero-order valence-electron chi connectivity index (χ0n) is 26.5. The number of ether oxygens (including phenoxy) is 4. The van der Waals surface area contributed by atoms with Gasteiger partial charge in [0.05, 0.1) is 48.7 Å². The van der Waals surface area contributed by atoms with Gasteiger partial charge >= 0.3 is 5.97 Å². The lowest BCUT2D eigenvalue weighted by atomic mass is 9.93. The number of nitrogens with zero attached hydrogens (tertiary/aromatic N) is 3. The van der Waals surface area contributed by atoms with E-state index in [4.69, 9.17) is 23.9 Å². The van der Waals surface area contributed by atoms with Gasteiger partial charge in [0.25, 0.3) is 11.2 Å². The van der Waals surface area contributed by atoms with E-state index in [2.05, 4.69) is 45.2 Å². The Labute approximate surface area is 307 Å². The Balaban J connectivity index is 1.60. The van der Waals surface area contributed by atoms with Crippen LogP contribution in [0.5, 0.6) is 17.2 Å². The van der Waals surface area contributed by atoms with Crippen LogP contribution < -0.4 is 29.1 Å². The number of thiazole rings is 1. The van der Waals surface area contributed by atoms with Gasteiger partial charge in [-0.3, -0.25) is 19.5 Å². The monoisotopic (exact) mass is 895 g/mol. The summed E-state index contributed by atoms with van der Waals surface area (Å²) in [5.41, 5.74) is 2.73. The van der Waals surface area contributed by atoms with Crippen molar-refractivity contribution in [2.24, 2.45) is 4.99 Å². The first kappa shape index (κ1) is 35.5. The number of methoxy groups -OCH3 is 2. The fourth-order valence-corrected chi connectivity index (χ4v) is 8.44. The van der Waals surface area contributed by atoms with Crippen molar-refractivity contribution in [2.75, 3.05) is 20.8 Å². The van der Waals surface area contributed by atoms with Gasteiger partial charge in [0.1, 0.15) is 29.9 Å². The molecule has 0 saturated carbocycles. The van der Waals surface area contributed by atoms with Crippen molar-refractivity contribution >= 4 is 74.3 Å². The van der Waals surface area contributed by atoms with E-state index >= 15 is 0 Å². The molecular weight excluding hydrogens is 864 g/mol. The van der Waals surface area contributed by atoms with Gasteiger partial charge in [-0.15, -0.1) is 0 Å². The molecule has 5 rings (SSSR count). The predicted octanol–water partition coefficient (Wildman–Crippen LogP) is 6.29. The third-order valence-corrected chi connectivity index (χ3v) is 10.1. The van der Waals surface area contributed by atoms with E-state index in [1.807, 2.05) is 25.1 Å². The van der Waals surface area contributed by atoms with E-state index in [1.165, 1.54) is 35.1 Å². The second kappa shape index (κ2) is 15.6. The zero-order chi connectivity index (χ0) is 34.5. The molecule has 1 aliphatic rings. The second-order valence-corrected chi connectivity index (χ2v) is 13.9. The number of nitro benzene ring substituents is 1. The summed E-state index contributed by atoms with van der Waals surface area (Å²) in [7, 11) is 3.09. The van der Waals surface area contributed by atoms with Gasteiger partial charge in [-0.05, 0) is 118 Å². The Bertz CT molecular complexity index is 2070. The third kappa shape index (κ3) is 7.44. The van der Waals surface area contributed by atoms with Crippen molar-refractivity contribution in [3.05, 3.63) is 120 Å². The maximum absolute atomic E-state index is 14.3. The van der Waals surface area contributed by atoms with Gasteiger partial charge < -0.3 is 18.9 Å². The maximum atomic E-state index is 14.3. The number of benzene rings is 3. The number of non-ortho nitro benzene ring substituents is 1. The maximum Gasteiger partial charge on any atom is 0.338 e. The van der Waals surface area contributed by atoms with E-state index in [-0.39, 0.29) is 24.5 Å². The number of carbonyl (C=O) groups is 1. The summed E-state index contributed by atoms with van der Waals surface area (Å²) in [6.07, 6.45) is 3.05. The number of nitro groups is 1. The summed E-state index contributed by atoms with van der Waals surface area (Å²) in [5, 5.41) is 11.0. The van der Waals surface area contributed by atoms with Gasteiger partial charge in [-0.2, -0.15) is 0 Å². The molecule has 11 nitrogen and oxygen atoms in total. The lowest BCUT2D eigenvalue weighted by Gasteiger charge is -2.27. The molecule has 48 heavy (non-hydrogen) atoms. The molecule has 1 aliphatic heterocycles. The highest BCUT2D eigenvalue weighted by molar-refractivity contribution is 14.1. The van der Waals surface area contributed by atoms with Crippen molar-refractivity contribution in [1.82, 2.24) is 4.57 Å². The van der Waals surface area contributed by atoms with E-state index in [9.17, 15) is 19.7 Å². The van der Waals surface area contributed by atoms with Crippen LogP contribution in [0.25, 0.3) is 6.08 Å². The van der Waals surface area contributed by atoms with Crippen LogP contribution in [0.2, 0.25) is 0 Å². The summed E-state index contributed by atoms with van der Waals surface area (Å²) in [5.74, 6) is 1.16. The van der Waals surface area contributed by atoms with Crippen molar-refractivity contribution < 1.29 is 28.7 Å². The minimum atomic E-state index is -0.857. The summed E-state index contributed by atoms with van der Waals surface area (Å²) >= 11 is 5.63. The van der Waals surface area contributed by atoms with Crippen LogP contribution in [0.1, 0.15) is 49.4 Å². The highest BCUT2D eigenvalue weighted by atomic mass is 127. The van der Waals surface area contributed by atoms with Crippen LogP contribution in [0, 0.1) is 17.3 Å². The molecule has 250 valence electrons. The summed E-state index contributed by atoms with van der Waals surface area (Å²) in [6.45, 7) is 4.14. The molecule has 1 aromatic heterocycles. The molecule has 0 radical (unpaired) electrons. The molecule has 0 bridgehead atoms. The van der Waals surface area contributed by atoms with Gasteiger partial charge in [0.15, 0.2) is 4.80 Å². The number of hydrogen-bond acceptors (Lipinski definition) is 10. The number of aromatic nitrogens is 1. The molecule has 0 saturated heterocycles. The van der Waals surface area contributed by atoms with Crippen LogP contribution in [-0.4, -0.2) is 36.3 Å². The Morgan fingerprint density at radius 2 is 1.77 bits per heavy atom. The SMILES string of the molecule is CCCC1=C(C(=O)OCC)[C@H](c2cc(OC)ccc2OC)n2c(s/c(=C\c3cc(I)c(OCc4ccc([N+](=O)[O-])cc4)c(I)c3)c2=O)=N1. The minimum absolute atomic E-state index is 0.0187. The number of fused-ring (bicyclic) bond motifs is 1. The Hall–Kier alpha value is -3.77. The average Bonchev–Trinajstić information content (AvgIpc) is 3.37. The lowest BCUT2D eigenvalue weighted by molar-refractivity contribution is -0.384. The number of halogens is 2. The molecule has 2 heterocycles. The smallest absolute Gasteiger partial charge is 0.338 e. The summed E-state index contributed by atoms with van der Waals surface area (Å²) in [4.78, 5) is 43.7. The first-order valence-corrected chi connectivity index (χ1v) is 17.9. The first-order chi connectivity index (χ1) is 23.1. The number of esters is 1. The van der Waals surface area contributed by atoms with Gasteiger partial charge in [0.2, 0.25) is 0 Å². The largest absolute Gasteiger partial charge is 0.497 e. The molecule has 0 amide bonds. The lowest BCUT2D eigenvalue weighted by Crippen LogP contribution is -2.40. The van der Waals surface area contributed by atoms with Gasteiger partial charge in [-0.25, -0.2) is 9.79 Å². The van der Waals surface area contributed by atoms with Crippen LogP contribution in [-0.2, 0) is 16.1 Å². The molecular formula is C34H31I2N3O8S. The Kier molecular flexibility index (Phi) is 11.6. The fourth-order valence-electron chi connectivity index (χ4n) is 5.29. The topological polar surface area (TPSA) is 131 Å². The van der Waals surface area contributed by atoms with Gasteiger partial charge in [-0.1, -0.05) is 24.7 Å². The first-order valence-electron chi connectivity index (χ1n) is 14.9. The molecule has 0 N–H and O–H groups in total. The van der Waals surface area contributed by atoms with Crippen molar-refractivity contribution in [2.45, 2.75) is 39.3 Å². The molecule has 0 aliphatic carbocycles. The highest BCUT2D eigenvalue weighted by Crippen LogP contribution is 2.39. The van der Waals surface area contributed by atoms with Crippen LogP contribution >= 0.6 is 56.5 Å². The number of rotatable bonds is 12. The van der Waals surface area contributed by atoms with Gasteiger partial charge in [0, 0.05) is 17.7 Å². The number of carbonyl (C=O) groups excluding carboxylic acids is 1. The van der Waals surface area contributed by atoms with Crippen LogP contribution in [0.15, 0.2) is 75.7 Å². The standard InChI is InChI=1S/C34H31I2N3O8S/c1-5-7-26-29(33(41)46-6-2)30(23-17-22(44-3)12-13-27(23)45-4)38-32(40)28(48-34(38)37-26)16-20-14-24(35)31(25(36)15-20)47-18-19-8-10-21(11-9-19)39(42)43/h8-17,30H,5-7,18H2,1-4H3/b28-16-/t30-/m0/s1. The molecule has 3 aromatic carbocycles. The fraction of sp³-hybridized carbons (Fsp3) is 0.265. The van der Waals surface area contributed by atoms with Crippen molar-refractivity contribution in [3.8, 4) is 17.2 Å². The third-order valence-electron chi connectivity index (χ3n) is 7.47. The van der Waals surface area contributed by atoms with Crippen LogP contribution in [0.3, 0.4) is 0 Å². The van der Waals surface area contributed by atoms with Crippen molar-refractivity contribution in [3.63, 3.8) is 0 Å². The zero-order valence-corrected chi connectivity index (χ0v) is 31.6. The Morgan fingerprint density at radius 1 is 1.06 bits per heavy atom. The molecule has 14 heteroatoms. The minimum Gasteiger partial charge on any atom is -0.497 e. The van der Waals surface area contributed by atoms with Crippen LogP contribution in [0.4, 0.5) is 5.69 Å². The quantitative estimate of drug-likeness (QED) is 0.0703. The molecule has 1 atom stereocenters. The summed E-state index contributed by atoms with van der Waals surface area (Å²) < 4.78 is 26.5. The molecule has 0 unspecified atom stereocenters. The molecule has 0 fully saturated rings. The van der Waals surface area contributed by atoms with E-state index < -0.39 is 16.9 Å². The number of hydrogen-bond donors (Lipinski definition) is 0. The number of allylic oxidation sites excluding steroid dienone is 1. The molecule has 4 aromatic rings. The van der Waals surface area contributed by atoms with E-state index in [0.717, 1.165) is 24.7 Å². The normalized spacial score (nSPS) is 14.3. The van der Waals surface area contributed by atoms with Crippen molar-refractivity contribution in [1.29, 1.82) is 0 Å². The Morgan fingerprint density at radius 3 is 2.38 bits per heavy atom. The van der Waals surface area contributed by atoms with E-state index in [0.29, 0.717) is 49.8 Å². The highest BCUT2D eigenvalue weighted by Gasteiger charge is 2.36. The second-order valence-electron chi connectivity index (χ2n) is 10.5. The summed E-state index contributed by atoms with van der Waals surface area (Å²) in [6, 6.07) is 14.5. The van der Waals surface area contributed by atoms with E-state index in [1.54, 1.807) is 44.4 Å².